The van der Waals surface area contributed by atoms with E-state index in [0.29, 0.717) is 17.2 Å². The second-order valence-corrected chi connectivity index (χ2v) is 5.98. The SMILES string of the molecule is O=CC1(c2ccccc2)N=c2ccc(S(=O)(=O)O)cc2=N1. The molecule has 3 rings (SSSR count). The number of rotatable bonds is 3. The molecule has 6 nitrogen and oxygen atoms in total. The van der Waals surface area contributed by atoms with E-state index in [1.807, 2.05) is 0 Å². The molecule has 0 spiro atoms. The molecule has 21 heavy (non-hydrogen) atoms. The summed E-state index contributed by atoms with van der Waals surface area (Å²) in [6.45, 7) is 0. The maximum Gasteiger partial charge on any atom is 0.294 e. The van der Waals surface area contributed by atoms with Crippen molar-refractivity contribution in [2.24, 2.45) is 9.98 Å². The van der Waals surface area contributed by atoms with Crippen molar-refractivity contribution in [3.63, 3.8) is 0 Å². The summed E-state index contributed by atoms with van der Waals surface area (Å²) in [5, 5.41) is 0.652. The van der Waals surface area contributed by atoms with Gasteiger partial charge in [0.15, 0.2) is 6.29 Å². The van der Waals surface area contributed by atoms with Gasteiger partial charge < -0.3 is 0 Å². The van der Waals surface area contributed by atoms with Gasteiger partial charge in [-0.3, -0.25) is 9.35 Å². The van der Waals surface area contributed by atoms with Crippen LogP contribution in [0.25, 0.3) is 0 Å². The standard InChI is InChI=1S/C14H10N2O4S/c17-9-14(10-4-2-1-3-5-10)15-12-7-6-11(21(18,19)20)8-13(12)16-14/h1-9H,(H,18,19,20). The fourth-order valence-electron chi connectivity index (χ4n) is 2.17. The van der Waals surface area contributed by atoms with E-state index in [4.69, 9.17) is 4.55 Å². The van der Waals surface area contributed by atoms with Gasteiger partial charge in [-0.1, -0.05) is 30.3 Å². The highest BCUT2D eigenvalue weighted by Crippen LogP contribution is 2.25. The van der Waals surface area contributed by atoms with E-state index >= 15 is 0 Å². The molecule has 0 fully saturated rings. The maximum atomic E-state index is 11.5. The van der Waals surface area contributed by atoms with E-state index in [0.717, 1.165) is 0 Å². The number of benzene rings is 2. The first-order valence-electron chi connectivity index (χ1n) is 6.04. The largest absolute Gasteiger partial charge is 0.298 e. The minimum atomic E-state index is -4.32. The van der Waals surface area contributed by atoms with Crippen LogP contribution in [0.4, 0.5) is 0 Å². The third-order valence-corrected chi connectivity index (χ3v) is 4.04. The Balaban J connectivity index is 2.25. The Morgan fingerprint density at radius 2 is 1.67 bits per heavy atom. The summed E-state index contributed by atoms with van der Waals surface area (Å²) in [6.07, 6.45) is 0.607. The van der Waals surface area contributed by atoms with Crippen LogP contribution in [-0.2, 0) is 20.6 Å². The van der Waals surface area contributed by atoms with E-state index < -0.39 is 15.8 Å². The zero-order valence-corrected chi connectivity index (χ0v) is 11.5. The van der Waals surface area contributed by atoms with Crippen molar-refractivity contribution in [3.05, 3.63) is 64.8 Å². The second-order valence-electron chi connectivity index (χ2n) is 4.56. The molecule has 7 heteroatoms. The lowest BCUT2D eigenvalue weighted by Gasteiger charge is -2.15. The molecule has 0 aromatic heterocycles. The molecule has 1 N–H and O–H groups in total. The van der Waals surface area contributed by atoms with Crippen molar-refractivity contribution in [2.75, 3.05) is 0 Å². The van der Waals surface area contributed by atoms with E-state index in [1.54, 1.807) is 30.3 Å². The summed E-state index contributed by atoms with van der Waals surface area (Å²) >= 11 is 0. The lowest BCUT2D eigenvalue weighted by atomic mass is 10.0. The van der Waals surface area contributed by atoms with Crippen LogP contribution in [0.1, 0.15) is 5.56 Å². The zero-order chi connectivity index (χ0) is 15.1. The minimum absolute atomic E-state index is 0.251. The van der Waals surface area contributed by atoms with Gasteiger partial charge in [-0.05, 0) is 18.2 Å². The number of carbonyl (C=O) groups excluding carboxylic acids is 1. The number of nitrogens with zero attached hydrogens (tertiary/aromatic N) is 2. The Morgan fingerprint density at radius 1 is 1.00 bits per heavy atom. The molecular formula is C14H10N2O4S. The lowest BCUT2D eigenvalue weighted by molar-refractivity contribution is -0.112. The number of aldehydes is 1. The van der Waals surface area contributed by atoms with Gasteiger partial charge in [0.2, 0.25) is 5.66 Å². The van der Waals surface area contributed by atoms with Gasteiger partial charge in [-0.15, -0.1) is 0 Å². The summed E-state index contributed by atoms with van der Waals surface area (Å²) in [7, 11) is -4.32. The number of hydrogen-bond donors (Lipinski definition) is 1. The third kappa shape index (κ3) is 2.26. The average molecular weight is 302 g/mol. The van der Waals surface area contributed by atoms with Crippen molar-refractivity contribution < 1.29 is 17.8 Å². The van der Waals surface area contributed by atoms with Gasteiger partial charge in [-0.2, -0.15) is 8.42 Å². The molecule has 1 aliphatic heterocycles. The van der Waals surface area contributed by atoms with Crippen molar-refractivity contribution in [1.82, 2.24) is 0 Å². The first-order valence-corrected chi connectivity index (χ1v) is 7.48. The normalized spacial score (nSPS) is 20.2. The molecule has 0 saturated carbocycles. The molecule has 1 heterocycles. The first kappa shape index (κ1) is 13.6. The molecule has 2 aromatic rings. The molecule has 0 aliphatic carbocycles. The van der Waals surface area contributed by atoms with Crippen molar-refractivity contribution in [1.29, 1.82) is 0 Å². The van der Waals surface area contributed by atoms with Crippen LogP contribution in [0.5, 0.6) is 0 Å². The minimum Gasteiger partial charge on any atom is -0.298 e. The van der Waals surface area contributed by atoms with Gasteiger partial charge >= 0.3 is 0 Å². The van der Waals surface area contributed by atoms with Crippen LogP contribution < -0.4 is 10.7 Å². The zero-order valence-electron chi connectivity index (χ0n) is 10.7. The molecule has 0 amide bonds. The fraction of sp³-hybridized carbons (Fsp3) is 0.0714. The predicted octanol–water partition coefficient (Wildman–Crippen LogP) is 0.238. The Labute approximate surface area is 120 Å². The molecule has 1 unspecified atom stereocenters. The van der Waals surface area contributed by atoms with Gasteiger partial charge in [0, 0.05) is 5.56 Å². The predicted molar refractivity (Wildman–Crippen MR) is 72.8 cm³/mol. The van der Waals surface area contributed by atoms with Crippen molar-refractivity contribution in [3.8, 4) is 0 Å². The maximum absolute atomic E-state index is 11.5. The fourth-order valence-corrected chi connectivity index (χ4v) is 2.67. The molecule has 0 radical (unpaired) electrons. The highest BCUT2D eigenvalue weighted by atomic mass is 32.2. The number of hydrogen-bond acceptors (Lipinski definition) is 5. The van der Waals surface area contributed by atoms with Crippen molar-refractivity contribution >= 4 is 16.4 Å². The quantitative estimate of drug-likeness (QED) is 0.649. The van der Waals surface area contributed by atoms with Crippen LogP contribution in [-0.4, -0.2) is 19.3 Å². The lowest BCUT2D eigenvalue weighted by Crippen LogP contribution is -2.22. The molecule has 1 atom stereocenters. The summed E-state index contributed by atoms with van der Waals surface area (Å²) in [4.78, 5) is 19.8. The van der Waals surface area contributed by atoms with E-state index in [-0.39, 0.29) is 10.3 Å². The highest BCUT2D eigenvalue weighted by molar-refractivity contribution is 7.85. The Bertz CT molecular complexity index is 939. The second kappa shape index (κ2) is 4.57. The molecular weight excluding hydrogens is 292 g/mol. The summed E-state index contributed by atoms with van der Waals surface area (Å²) < 4.78 is 31.3. The first-order chi connectivity index (χ1) is 9.94. The van der Waals surface area contributed by atoms with Crippen LogP contribution in [0, 0.1) is 0 Å². The molecule has 1 aliphatic rings. The van der Waals surface area contributed by atoms with E-state index in [2.05, 4.69) is 9.98 Å². The Morgan fingerprint density at radius 3 is 2.29 bits per heavy atom. The Hall–Kier alpha value is -2.38. The van der Waals surface area contributed by atoms with Crippen LogP contribution in [0.3, 0.4) is 0 Å². The number of fused-ring (bicyclic) bond motifs is 1. The summed E-state index contributed by atoms with van der Waals surface area (Å²) in [6, 6.07) is 12.6. The van der Waals surface area contributed by atoms with Gasteiger partial charge in [0.1, 0.15) is 0 Å². The van der Waals surface area contributed by atoms with Crippen LogP contribution in [0.15, 0.2) is 63.4 Å². The van der Waals surface area contributed by atoms with Crippen molar-refractivity contribution in [2.45, 2.75) is 10.6 Å². The Kier molecular flexibility index (Phi) is 2.96. The molecule has 0 saturated heterocycles. The summed E-state index contributed by atoms with van der Waals surface area (Å²) in [5.41, 5.74) is -0.814. The number of carbonyl (C=O) groups is 1. The van der Waals surface area contributed by atoms with Gasteiger partial charge in [-0.25, -0.2) is 9.98 Å². The topological polar surface area (TPSA) is 96.2 Å². The highest BCUT2D eigenvalue weighted by Gasteiger charge is 2.33. The molecule has 2 aromatic carbocycles. The van der Waals surface area contributed by atoms with Crippen LogP contribution >= 0.6 is 0 Å². The van der Waals surface area contributed by atoms with E-state index in [9.17, 15) is 13.2 Å². The third-order valence-electron chi connectivity index (χ3n) is 3.19. The van der Waals surface area contributed by atoms with Gasteiger partial charge in [0.25, 0.3) is 10.1 Å². The monoisotopic (exact) mass is 302 g/mol. The molecule has 106 valence electrons. The van der Waals surface area contributed by atoms with Gasteiger partial charge in [0.05, 0.1) is 15.6 Å². The average Bonchev–Trinajstić information content (AvgIpc) is 2.86. The van der Waals surface area contributed by atoms with E-state index in [1.165, 1.54) is 18.2 Å². The smallest absolute Gasteiger partial charge is 0.294 e. The molecule has 0 bridgehead atoms. The summed E-state index contributed by atoms with van der Waals surface area (Å²) in [5.74, 6) is 0. The van der Waals surface area contributed by atoms with Crippen LogP contribution in [0.2, 0.25) is 0 Å².